The summed E-state index contributed by atoms with van der Waals surface area (Å²) in [5.41, 5.74) is 0. The van der Waals surface area contributed by atoms with E-state index in [0.29, 0.717) is 24.3 Å². The van der Waals surface area contributed by atoms with Gasteiger partial charge in [-0.2, -0.15) is 9.97 Å². The standard InChI is InChI=1S/C12H20N4O3/c1-16-4-5-19-9(8-16)7-13-12-14-10(17-2)6-11(15-12)18-3/h6,9H,4-5,7-8H2,1-3H3,(H,13,14,15)/t9-/m0/s1. The first-order valence-electron chi connectivity index (χ1n) is 6.22. The van der Waals surface area contributed by atoms with Gasteiger partial charge < -0.3 is 24.4 Å². The summed E-state index contributed by atoms with van der Waals surface area (Å²) in [6.07, 6.45) is 0.138. The first-order valence-corrected chi connectivity index (χ1v) is 6.22. The van der Waals surface area contributed by atoms with Crippen molar-refractivity contribution in [3.8, 4) is 11.8 Å². The number of nitrogens with one attached hydrogen (secondary N) is 1. The number of morpholine rings is 1. The van der Waals surface area contributed by atoms with Crippen molar-refractivity contribution >= 4 is 5.95 Å². The van der Waals surface area contributed by atoms with Gasteiger partial charge in [-0.15, -0.1) is 0 Å². The Balaban J connectivity index is 1.94. The molecule has 7 nitrogen and oxygen atoms in total. The molecule has 2 heterocycles. The number of likely N-dealkylation sites (N-methyl/N-ethyl adjacent to an activating group) is 1. The molecule has 19 heavy (non-hydrogen) atoms. The highest BCUT2D eigenvalue weighted by atomic mass is 16.5. The van der Waals surface area contributed by atoms with Crippen LogP contribution in [0.2, 0.25) is 0 Å². The van der Waals surface area contributed by atoms with Crippen molar-refractivity contribution < 1.29 is 14.2 Å². The van der Waals surface area contributed by atoms with Gasteiger partial charge in [0, 0.05) is 19.6 Å². The van der Waals surface area contributed by atoms with Crippen LogP contribution >= 0.6 is 0 Å². The maximum Gasteiger partial charge on any atom is 0.229 e. The molecule has 0 aromatic carbocycles. The second-order valence-electron chi connectivity index (χ2n) is 4.41. The van der Waals surface area contributed by atoms with Gasteiger partial charge >= 0.3 is 0 Å². The third-order valence-corrected chi connectivity index (χ3v) is 2.93. The van der Waals surface area contributed by atoms with Crippen LogP contribution in [0, 0.1) is 0 Å². The van der Waals surface area contributed by atoms with Crippen molar-refractivity contribution in [3.05, 3.63) is 6.07 Å². The Morgan fingerprint density at radius 2 is 2.05 bits per heavy atom. The number of aromatic nitrogens is 2. The summed E-state index contributed by atoms with van der Waals surface area (Å²) in [5, 5.41) is 3.15. The van der Waals surface area contributed by atoms with Crippen molar-refractivity contribution in [3.63, 3.8) is 0 Å². The zero-order chi connectivity index (χ0) is 13.7. The van der Waals surface area contributed by atoms with Gasteiger partial charge in [0.15, 0.2) is 0 Å². The highest BCUT2D eigenvalue weighted by molar-refractivity contribution is 5.33. The molecular formula is C12H20N4O3. The van der Waals surface area contributed by atoms with E-state index < -0.39 is 0 Å². The van der Waals surface area contributed by atoms with Gasteiger partial charge in [0.25, 0.3) is 0 Å². The summed E-state index contributed by atoms with van der Waals surface area (Å²) in [5.74, 6) is 1.42. The number of methoxy groups -OCH3 is 2. The lowest BCUT2D eigenvalue weighted by atomic mass is 10.3. The molecule has 106 valence electrons. The fourth-order valence-electron chi connectivity index (χ4n) is 1.89. The molecule has 1 aliphatic rings. The molecule has 1 atom stereocenters. The zero-order valence-electron chi connectivity index (χ0n) is 11.5. The van der Waals surface area contributed by atoms with Gasteiger partial charge in [-0.05, 0) is 7.05 Å². The Morgan fingerprint density at radius 3 is 2.63 bits per heavy atom. The van der Waals surface area contributed by atoms with Gasteiger partial charge in [0.1, 0.15) is 0 Å². The SMILES string of the molecule is COc1cc(OC)nc(NC[C@H]2CN(C)CCO2)n1. The summed E-state index contributed by atoms with van der Waals surface area (Å²) in [6.45, 7) is 3.28. The molecule has 0 radical (unpaired) electrons. The fourth-order valence-corrected chi connectivity index (χ4v) is 1.89. The number of hydrogen-bond donors (Lipinski definition) is 1. The minimum absolute atomic E-state index is 0.138. The highest BCUT2D eigenvalue weighted by Gasteiger charge is 2.17. The largest absolute Gasteiger partial charge is 0.481 e. The van der Waals surface area contributed by atoms with Crippen molar-refractivity contribution in [2.75, 3.05) is 52.8 Å². The van der Waals surface area contributed by atoms with Crippen LogP contribution in [0.4, 0.5) is 5.95 Å². The molecule has 1 N–H and O–H groups in total. The number of ether oxygens (including phenoxy) is 3. The third kappa shape index (κ3) is 3.93. The van der Waals surface area contributed by atoms with Crippen LogP contribution in [0.1, 0.15) is 0 Å². The zero-order valence-corrected chi connectivity index (χ0v) is 11.5. The third-order valence-electron chi connectivity index (χ3n) is 2.93. The molecule has 1 saturated heterocycles. The van der Waals surface area contributed by atoms with E-state index >= 15 is 0 Å². The van der Waals surface area contributed by atoms with E-state index in [1.54, 1.807) is 20.3 Å². The van der Waals surface area contributed by atoms with E-state index in [2.05, 4.69) is 27.2 Å². The van der Waals surface area contributed by atoms with E-state index in [0.717, 1.165) is 19.7 Å². The number of anilines is 1. The topological polar surface area (TPSA) is 68.7 Å². The summed E-state index contributed by atoms with van der Waals surface area (Å²) < 4.78 is 15.9. The van der Waals surface area contributed by atoms with Crippen LogP contribution in [-0.2, 0) is 4.74 Å². The van der Waals surface area contributed by atoms with Crippen molar-refractivity contribution in [2.45, 2.75) is 6.10 Å². The molecule has 0 unspecified atom stereocenters. The van der Waals surface area contributed by atoms with Crippen LogP contribution in [0.5, 0.6) is 11.8 Å². The van der Waals surface area contributed by atoms with Crippen LogP contribution < -0.4 is 14.8 Å². The van der Waals surface area contributed by atoms with Crippen LogP contribution in [0.15, 0.2) is 6.07 Å². The predicted molar refractivity (Wildman–Crippen MR) is 70.9 cm³/mol. The molecule has 2 rings (SSSR count). The first kappa shape index (κ1) is 13.8. The Hall–Kier alpha value is -1.60. The molecule has 1 fully saturated rings. The summed E-state index contributed by atoms with van der Waals surface area (Å²) >= 11 is 0. The number of rotatable bonds is 5. The molecule has 0 saturated carbocycles. The molecule has 7 heteroatoms. The normalized spacial score (nSPS) is 20.1. The molecule has 1 aromatic heterocycles. The van der Waals surface area contributed by atoms with Crippen molar-refractivity contribution in [1.82, 2.24) is 14.9 Å². The lowest BCUT2D eigenvalue weighted by Gasteiger charge is -2.30. The maximum absolute atomic E-state index is 5.66. The van der Waals surface area contributed by atoms with Gasteiger partial charge in [-0.3, -0.25) is 0 Å². The Morgan fingerprint density at radius 1 is 1.37 bits per heavy atom. The van der Waals surface area contributed by atoms with Gasteiger partial charge in [0.05, 0.1) is 33.0 Å². The Bertz CT molecular complexity index is 394. The summed E-state index contributed by atoms with van der Waals surface area (Å²) in [4.78, 5) is 10.7. The predicted octanol–water partition coefficient (Wildman–Crippen LogP) is 0.236. The minimum Gasteiger partial charge on any atom is -0.481 e. The number of hydrogen-bond acceptors (Lipinski definition) is 7. The highest BCUT2D eigenvalue weighted by Crippen LogP contribution is 2.17. The monoisotopic (exact) mass is 268 g/mol. The van der Waals surface area contributed by atoms with Crippen molar-refractivity contribution in [2.24, 2.45) is 0 Å². The first-order chi connectivity index (χ1) is 9.21. The summed E-state index contributed by atoms with van der Waals surface area (Å²) in [6, 6.07) is 1.63. The average Bonchev–Trinajstić information content (AvgIpc) is 2.44. The Kier molecular flexibility index (Phi) is 4.75. The molecule has 0 spiro atoms. The minimum atomic E-state index is 0.138. The van der Waals surface area contributed by atoms with Gasteiger partial charge in [0.2, 0.25) is 17.7 Å². The lowest BCUT2D eigenvalue weighted by molar-refractivity contribution is -0.0118. The second-order valence-corrected chi connectivity index (χ2v) is 4.41. The van der Waals surface area contributed by atoms with Crippen LogP contribution in [0.25, 0.3) is 0 Å². The second kappa shape index (κ2) is 6.53. The number of nitrogens with zero attached hydrogens (tertiary/aromatic N) is 3. The lowest BCUT2D eigenvalue weighted by Crippen LogP contribution is -2.43. The smallest absolute Gasteiger partial charge is 0.229 e. The molecule has 0 aliphatic carbocycles. The van der Waals surface area contributed by atoms with Crippen LogP contribution in [-0.4, -0.2) is 68.5 Å². The van der Waals surface area contributed by atoms with E-state index in [1.807, 2.05) is 0 Å². The summed E-state index contributed by atoms with van der Waals surface area (Å²) in [7, 11) is 5.20. The fraction of sp³-hybridized carbons (Fsp3) is 0.667. The van der Waals surface area contributed by atoms with E-state index in [4.69, 9.17) is 14.2 Å². The maximum atomic E-state index is 5.66. The average molecular weight is 268 g/mol. The van der Waals surface area contributed by atoms with E-state index in [1.165, 1.54) is 0 Å². The molecule has 0 amide bonds. The van der Waals surface area contributed by atoms with Crippen LogP contribution in [0.3, 0.4) is 0 Å². The molecular weight excluding hydrogens is 248 g/mol. The van der Waals surface area contributed by atoms with Crippen molar-refractivity contribution in [1.29, 1.82) is 0 Å². The molecule has 1 aliphatic heterocycles. The van der Waals surface area contributed by atoms with Gasteiger partial charge in [-0.25, -0.2) is 0 Å². The Labute approximate surface area is 112 Å². The van der Waals surface area contributed by atoms with Gasteiger partial charge in [-0.1, -0.05) is 0 Å². The molecule has 1 aromatic rings. The molecule has 0 bridgehead atoms. The quantitative estimate of drug-likeness (QED) is 0.820. The van der Waals surface area contributed by atoms with E-state index in [9.17, 15) is 0 Å². The van der Waals surface area contributed by atoms with E-state index in [-0.39, 0.29) is 6.10 Å².